The Morgan fingerprint density at radius 1 is 1.10 bits per heavy atom. The Hall–Kier alpha value is -2.58. The molecule has 0 aliphatic rings. The number of fused-ring (bicyclic) bond motifs is 1. The van der Waals surface area contributed by atoms with Gasteiger partial charge in [-0.3, -0.25) is 9.36 Å². The van der Waals surface area contributed by atoms with E-state index >= 15 is 0 Å². The lowest BCUT2D eigenvalue weighted by atomic mass is 10.2. The minimum Gasteiger partial charge on any atom is -0.340 e. The van der Waals surface area contributed by atoms with Crippen LogP contribution in [-0.4, -0.2) is 35.3 Å². The number of hydrogen-bond donors (Lipinski definition) is 2. The van der Waals surface area contributed by atoms with Gasteiger partial charge in [-0.15, -0.1) is 0 Å². The van der Waals surface area contributed by atoms with Gasteiger partial charge in [-0.05, 0) is 50.2 Å². The van der Waals surface area contributed by atoms with Crippen LogP contribution in [0.25, 0.3) is 10.9 Å². The molecule has 0 saturated heterocycles. The molecule has 0 saturated carbocycles. The molecule has 1 aromatic heterocycles. The van der Waals surface area contributed by atoms with Crippen molar-refractivity contribution in [2.45, 2.75) is 13.8 Å². The summed E-state index contributed by atoms with van der Waals surface area (Å²) in [5.74, 6) is -0.597. The van der Waals surface area contributed by atoms with Gasteiger partial charge >= 0.3 is 7.60 Å². The van der Waals surface area contributed by atoms with Gasteiger partial charge in [0.15, 0.2) is 0 Å². The van der Waals surface area contributed by atoms with Gasteiger partial charge in [-0.25, -0.2) is 14.4 Å². The van der Waals surface area contributed by atoms with Gasteiger partial charge in [0.05, 0.1) is 23.8 Å². The van der Waals surface area contributed by atoms with Crippen molar-refractivity contribution < 1.29 is 22.8 Å². The molecule has 8 nitrogen and oxygen atoms in total. The summed E-state index contributed by atoms with van der Waals surface area (Å²) in [4.78, 5) is 20.9. The SMILES string of the molecule is CCOP(=O)(CC(=O)Nc1ccc2ncnc(Nc3ccc(F)c(Cl)c3)c2c1)OCC. The molecule has 1 amide bonds. The zero-order chi connectivity index (χ0) is 22.4. The first kappa shape index (κ1) is 23.1. The Kier molecular flexibility index (Phi) is 7.56. The second kappa shape index (κ2) is 10.2. The molecule has 0 bridgehead atoms. The Morgan fingerprint density at radius 3 is 2.48 bits per heavy atom. The number of halogens is 2. The van der Waals surface area contributed by atoms with Gasteiger partial charge in [-0.1, -0.05) is 11.6 Å². The first-order chi connectivity index (χ1) is 14.8. The molecule has 11 heteroatoms. The topological polar surface area (TPSA) is 102 Å². The van der Waals surface area contributed by atoms with Crippen molar-refractivity contribution in [2.75, 3.05) is 30.0 Å². The predicted octanol–water partition coefficient (Wildman–Crippen LogP) is 5.37. The highest BCUT2D eigenvalue weighted by Gasteiger charge is 2.27. The van der Waals surface area contributed by atoms with E-state index in [0.717, 1.165) is 0 Å². The third-order valence-electron chi connectivity index (χ3n) is 4.09. The van der Waals surface area contributed by atoms with Crippen LogP contribution < -0.4 is 10.6 Å². The molecule has 0 radical (unpaired) electrons. The first-order valence-corrected chi connectivity index (χ1v) is 11.6. The van der Waals surface area contributed by atoms with Crippen molar-refractivity contribution in [3.63, 3.8) is 0 Å². The normalized spacial score (nSPS) is 11.5. The second-order valence-electron chi connectivity index (χ2n) is 6.36. The van der Waals surface area contributed by atoms with Gasteiger partial charge in [0, 0.05) is 16.8 Å². The average molecular weight is 467 g/mol. The smallest absolute Gasteiger partial charge is 0.340 e. The Balaban J connectivity index is 1.83. The number of nitrogens with zero attached hydrogens (tertiary/aromatic N) is 2. The zero-order valence-electron chi connectivity index (χ0n) is 16.9. The summed E-state index contributed by atoms with van der Waals surface area (Å²) in [6.45, 7) is 3.69. The van der Waals surface area contributed by atoms with Crippen molar-refractivity contribution in [2.24, 2.45) is 0 Å². The van der Waals surface area contributed by atoms with Gasteiger partial charge in [0.2, 0.25) is 5.91 Å². The zero-order valence-corrected chi connectivity index (χ0v) is 18.5. The van der Waals surface area contributed by atoms with Crippen LogP contribution in [0.5, 0.6) is 0 Å². The monoisotopic (exact) mass is 466 g/mol. The van der Waals surface area contributed by atoms with Crippen molar-refractivity contribution in [1.82, 2.24) is 9.97 Å². The molecule has 0 atom stereocenters. The van der Waals surface area contributed by atoms with E-state index < -0.39 is 25.5 Å². The van der Waals surface area contributed by atoms with Gasteiger partial charge in [0.1, 0.15) is 24.1 Å². The summed E-state index contributed by atoms with van der Waals surface area (Å²) in [5, 5.41) is 6.34. The van der Waals surface area contributed by atoms with E-state index in [-0.39, 0.29) is 18.2 Å². The van der Waals surface area contributed by atoms with E-state index in [1.807, 2.05) is 0 Å². The predicted molar refractivity (Wildman–Crippen MR) is 119 cm³/mol. The summed E-state index contributed by atoms with van der Waals surface area (Å²) < 4.78 is 36.3. The minimum absolute atomic E-state index is 0.0238. The molecule has 3 rings (SSSR count). The molecule has 0 fully saturated rings. The highest BCUT2D eigenvalue weighted by molar-refractivity contribution is 7.54. The number of aromatic nitrogens is 2. The fraction of sp³-hybridized carbons (Fsp3) is 0.250. The molecule has 1 heterocycles. The van der Waals surface area contributed by atoms with E-state index in [2.05, 4.69) is 20.6 Å². The molecule has 0 unspecified atom stereocenters. The van der Waals surface area contributed by atoms with E-state index in [9.17, 15) is 13.8 Å². The van der Waals surface area contributed by atoms with Crippen LogP contribution in [0, 0.1) is 5.82 Å². The molecule has 0 aliphatic carbocycles. The number of carbonyl (C=O) groups excluding carboxylic acids is 1. The number of benzene rings is 2. The summed E-state index contributed by atoms with van der Waals surface area (Å²) in [6, 6.07) is 9.26. The average Bonchev–Trinajstić information content (AvgIpc) is 2.71. The van der Waals surface area contributed by atoms with E-state index in [1.165, 1.54) is 24.5 Å². The summed E-state index contributed by atoms with van der Waals surface area (Å²) in [6.07, 6.45) is 0.978. The maximum atomic E-state index is 13.4. The van der Waals surface area contributed by atoms with Crippen LogP contribution in [0.3, 0.4) is 0 Å². The number of hydrogen-bond acceptors (Lipinski definition) is 7. The van der Waals surface area contributed by atoms with Crippen LogP contribution in [0.15, 0.2) is 42.7 Å². The number of anilines is 3. The largest absolute Gasteiger partial charge is 0.340 e. The Bertz CT molecular complexity index is 1140. The number of amides is 1. The van der Waals surface area contributed by atoms with E-state index in [4.69, 9.17) is 20.6 Å². The van der Waals surface area contributed by atoms with Gasteiger partial charge < -0.3 is 19.7 Å². The van der Waals surface area contributed by atoms with Crippen LogP contribution >= 0.6 is 19.2 Å². The molecular formula is C20H21ClFN4O4P. The Labute approximate surface area is 183 Å². The van der Waals surface area contributed by atoms with E-state index in [1.54, 1.807) is 32.0 Å². The molecular weight excluding hydrogens is 446 g/mol. The lowest BCUT2D eigenvalue weighted by Crippen LogP contribution is -2.18. The quantitative estimate of drug-likeness (QED) is 0.408. The standard InChI is InChI=1S/C20H21ClFN4O4P/c1-3-29-31(28,30-4-2)11-19(27)25-13-6-8-18-15(9-13)20(24-12-23-18)26-14-5-7-17(22)16(21)10-14/h5-10,12H,3-4,11H2,1-2H3,(H,25,27)(H,23,24,26). The van der Waals surface area contributed by atoms with E-state index in [0.29, 0.717) is 28.1 Å². The maximum absolute atomic E-state index is 13.4. The van der Waals surface area contributed by atoms with Crippen molar-refractivity contribution in [3.05, 3.63) is 53.6 Å². The fourth-order valence-corrected chi connectivity index (χ4v) is 4.50. The lowest BCUT2D eigenvalue weighted by molar-refractivity contribution is -0.114. The summed E-state index contributed by atoms with van der Waals surface area (Å²) in [7, 11) is -3.52. The molecule has 0 spiro atoms. The number of carbonyl (C=O) groups is 1. The third-order valence-corrected chi connectivity index (χ3v) is 6.36. The highest BCUT2D eigenvalue weighted by Crippen LogP contribution is 2.47. The van der Waals surface area contributed by atoms with Crippen molar-refractivity contribution >= 4 is 53.2 Å². The van der Waals surface area contributed by atoms with Gasteiger partial charge in [-0.2, -0.15) is 0 Å². The number of rotatable bonds is 9. The molecule has 2 N–H and O–H groups in total. The highest BCUT2D eigenvalue weighted by atomic mass is 35.5. The third kappa shape index (κ3) is 5.98. The fourth-order valence-electron chi connectivity index (χ4n) is 2.84. The summed E-state index contributed by atoms with van der Waals surface area (Å²) in [5.41, 5.74) is 1.61. The molecule has 3 aromatic rings. The molecule has 164 valence electrons. The first-order valence-electron chi connectivity index (χ1n) is 9.48. The maximum Gasteiger partial charge on any atom is 0.340 e. The molecule has 0 aliphatic heterocycles. The minimum atomic E-state index is -3.52. The van der Waals surface area contributed by atoms with Crippen LogP contribution in [-0.2, 0) is 18.4 Å². The molecule has 2 aromatic carbocycles. The lowest BCUT2D eigenvalue weighted by Gasteiger charge is -2.16. The molecule has 31 heavy (non-hydrogen) atoms. The van der Waals surface area contributed by atoms with Crippen LogP contribution in [0.4, 0.5) is 21.6 Å². The number of nitrogens with one attached hydrogen (secondary N) is 2. The Morgan fingerprint density at radius 2 is 1.81 bits per heavy atom. The second-order valence-corrected chi connectivity index (χ2v) is 8.82. The summed E-state index contributed by atoms with van der Waals surface area (Å²) >= 11 is 5.84. The van der Waals surface area contributed by atoms with Crippen molar-refractivity contribution in [1.29, 1.82) is 0 Å². The van der Waals surface area contributed by atoms with Crippen LogP contribution in [0.2, 0.25) is 5.02 Å². The van der Waals surface area contributed by atoms with Crippen LogP contribution in [0.1, 0.15) is 13.8 Å². The van der Waals surface area contributed by atoms with Crippen molar-refractivity contribution in [3.8, 4) is 0 Å². The van der Waals surface area contributed by atoms with Gasteiger partial charge in [0.25, 0.3) is 0 Å².